The van der Waals surface area contributed by atoms with Crippen molar-refractivity contribution in [1.82, 2.24) is 10.2 Å². The van der Waals surface area contributed by atoms with E-state index in [9.17, 15) is 4.79 Å². The SMILES string of the molecule is Cc1[nH]nc(NC(=O)C(C)(C)c2ccccc2)c1N. The van der Waals surface area contributed by atoms with Gasteiger partial charge < -0.3 is 11.1 Å². The Labute approximate surface area is 112 Å². The number of carbonyl (C=O) groups excluding carboxylic acids is 1. The molecule has 5 heteroatoms. The smallest absolute Gasteiger partial charge is 0.235 e. The Kier molecular flexibility index (Phi) is 3.29. The molecule has 0 fully saturated rings. The van der Waals surface area contributed by atoms with Gasteiger partial charge >= 0.3 is 0 Å². The maximum atomic E-state index is 12.4. The number of hydrogen-bond acceptors (Lipinski definition) is 3. The van der Waals surface area contributed by atoms with Crippen molar-refractivity contribution in [2.24, 2.45) is 0 Å². The van der Waals surface area contributed by atoms with E-state index in [0.29, 0.717) is 11.5 Å². The third-order valence-corrected chi connectivity index (χ3v) is 3.29. The lowest BCUT2D eigenvalue weighted by Gasteiger charge is -2.23. The summed E-state index contributed by atoms with van der Waals surface area (Å²) in [4.78, 5) is 12.4. The van der Waals surface area contributed by atoms with Crippen molar-refractivity contribution in [2.45, 2.75) is 26.2 Å². The van der Waals surface area contributed by atoms with E-state index < -0.39 is 5.41 Å². The fourth-order valence-electron chi connectivity index (χ4n) is 1.78. The van der Waals surface area contributed by atoms with Gasteiger partial charge in [-0.05, 0) is 26.3 Å². The molecule has 0 radical (unpaired) electrons. The number of aromatic amines is 1. The van der Waals surface area contributed by atoms with Gasteiger partial charge in [0.2, 0.25) is 5.91 Å². The third-order valence-electron chi connectivity index (χ3n) is 3.29. The third kappa shape index (κ3) is 2.45. The number of aromatic nitrogens is 2. The molecule has 1 aromatic carbocycles. The van der Waals surface area contributed by atoms with Crippen LogP contribution in [0.25, 0.3) is 0 Å². The van der Waals surface area contributed by atoms with Crippen molar-refractivity contribution < 1.29 is 4.79 Å². The lowest BCUT2D eigenvalue weighted by Crippen LogP contribution is -2.35. The van der Waals surface area contributed by atoms with E-state index in [1.54, 1.807) is 6.92 Å². The van der Waals surface area contributed by atoms with E-state index in [1.807, 2.05) is 44.2 Å². The van der Waals surface area contributed by atoms with Crippen molar-refractivity contribution >= 4 is 17.4 Å². The van der Waals surface area contributed by atoms with Crippen LogP contribution in [0.4, 0.5) is 11.5 Å². The molecular formula is C14H18N4O. The maximum Gasteiger partial charge on any atom is 0.235 e. The topological polar surface area (TPSA) is 83.8 Å². The average molecular weight is 258 g/mol. The normalized spacial score (nSPS) is 11.3. The summed E-state index contributed by atoms with van der Waals surface area (Å²) in [7, 11) is 0. The van der Waals surface area contributed by atoms with Crippen LogP contribution in [0.1, 0.15) is 25.1 Å². The van der Waals surface area contributed by atoms with E-state index >= 15 is 0 Å². The van der Waals surface area contributed by atoms with Gasteiger partial charge in [0.15, 0.2) is 5.82 Å². The van der Waals surface area contributed by atoms with Crippen LogP contribution in [0.5, 0.6) is 0 Å². The van der Waals surface area contributed by atoms with E-state index in [2.05, 4.69) is 15.5 Å². The zero-order valence-electron chi connectivity index (χ0n) is 11.3. The molecule has 0 atom stereocenters. The van der Waals surface area contributed by atoms with Crippen molar-refractivity contribution in [1.29, 1.82) is 0 Å². The highest BCUT2D eigenvalue weighted by atomic mass is 16.2. The first kappa shape index (κ1) is 13.1. The molecular weight excluding hydrogens is 240 g/mol. The molecule has 0 saturated carbocycles. The van der Waals surface area contributed by atoms with Gasteiger partial charge in [-0.3, -0.25) is 9.89 Å². The van der Waals surface area contributed by atoms with Crippen LogP contribution in [-0.4, -0.2) is 16.1 Å². The summed E-state index contributed by atoms with van der Waals surface area (Å²) in [6, 6.07) is 9.61. The fraction of sp³-hybridized carbons (Fsp3) is 0.286. The highest BCUT2D eigenvalue weighted by Gasteiger charge is 2.30. The highest BCUT2D eigenvalue weighted by molar-refractivity contribution is 5.99. The molecule has 0 bridgehead atoms. The number of nitrogen functional groups attached to an aromatic ring is 1. The lowest BCUT2D eigenvalue weighted by molar-refractivity contribution is -0.120. The lowest BCUT2D eigenvalue weighted by atomic mass is 9.84. The summed E-state index contributed by atoms with van der Waals surface area (Å²) < 4.78 is 0. The summed E-state index contributed by atoms with van der Waals surface area (Å²) in [6.07, 6.45) is 0. The van der Waals surface area contributed by atoms with Gasteiger partial charge in [-0.25, -0.2) is 0 Å². The zero-order valence-corrected chi connectivity index (χ0v) is 11.3. The van der Waals surface area contributed by atoms with Gasteiger partial charge in [0, 0.05) is 0 Å². The average Bonchev–Trinajstić information content (AvgIpc) is 2.71. The van der Waals surface area contributed by atoms with E-state index in [-0.39, 0.29) is 5.91 Å². The molecule has 1 heterocycles. The van der Waals surface area contributed by atoms with Gasteiger partial charge in [0.25, 0.3) is 0 Å². The quantitative estimate of drug-likeness (QED) is 0.789. The van der Waals surface area contributed by atoms with Crippen LogP contribution >= 0.6 is 0 Å². The number of nitrogens with one attached hydrogen (secondary N) is 2. The van der Waals surface area contributed by atoms with Gasteiger partial charge in [0.05, 0.1) is 16.8 Å². The van der Waals surface area contributed by atoms with E-state index in [0.717, 1.165) is 11.3 Å². The number of hydrogen-bond donors (Lipinski definition) is 3. The summed E-state index contributed by atoms with van der Waals surface area (Å²) in [6.45, 7) is 5.54. The molecule has 100 valence electrons. The molecule has 0 saturated heterocycles. The Balaban J connectivity index is 2.22. The van der Waals surface area contributed by atoms with Crippen molar-refractivity contribution in [3.8, 4) is 0 Å². The minimum Gasteiger partial charge on any atom is -0.394 e. The van der Waals surface area contributed by atoms with Crippen LogP contribution in [0.15, 0.2) is 30.3 Å². The second-order valence-electron chi connectivity index (χ2n) is 5.06. The molecule has 19 heavy (non-hydrogen) atoms. The monoisotopic (exact) mass is 258 g/mol. The Bertz CT molecular complexity index is 587. The maximum absolute atomic E-state index is 12.4. The second-order valence-corrected chi connectivity index (χ2v) is 5.06. The number of aryl methyl sites for hydroxylation is 1. The number of nitrogens with zero attached hydrogens (tertiary/aromatic N) is 1. The first-order chi connectivity index (χ1) is 8.93. The van der Waals surface area contributed by atoms with Crippen LogP contribution in [0, 0.1) is 6.92 Å². The Morgan fingerprint density at radius 3 is 2.47 bits per heavy atom. The molecule has 2 rings (SSSR count). The van der Waals surface area contributed by atoms with Gasteiger partial charge in [0.1, 0.15) is 0 Å². The molecule has 1 aromatic heterocycles. The van der Waals surface area contributed by atoms with Crippen molar-refractivity contribution in [2.75, 3.05) is 11.1 Å². The van der Waals surface area contributed by atoms with Gasteiger partial charge in [-0.15, -0.1) is 0 Å². The number of rotatable bonds is 3. The number of benzene rings is 1. The molecule has 2 aromatic rings. The number of H-pyrrole nitrogens is 1. The van der Waals surface area contributed by atoms with Crippen LogP contribution in [-0.2, 0) is 10.2 Å². The predicted molar refractivity (Wildman–Crippen MR) is 75.8 cm³/mol. The summed E-state index contributed by atoms with van der Waals surface area (Å²) in [5, 5.41) is 9.49. The second kappa shape index (κ2) is 4.76. The summed E-state index contributed by atoms with van der Waals surface area (Å²) in [5.41, 5.74) is 7.33. The van der Waals surface area contributed by atoms with E-state index in [1.165, 1.54) is 0 Å². The Morgan fingerprint density at radius 2 is 1.95 bits per heavy atom. The molecule has 0 aliphatic rings. The minimum atomic E-state index is -0.652. The number of anilines is 2. The number of carbonyl (C=O) groups is 1. The largest absolute Gasteiger partial charge is 0.394 e. The summed E-state index contributed by atoms with van der Waals surface area (Å²) >= 11 is 0. The molecule has 5 nitrogen and oxygen atoms in total. The van der Waals surface area contributed by atoms with Crippen LogP contribution in [0.3, 0.4) is 0 Å². The Morgan fingerprint density at radius 1 is 1.32 bits per heavy atom. The van der Waals surface area contributed by atoms with E-state index in [4.69, 9.17) is 5.73 Å². The molecule has 4 N–H and O–H groups in total. The standard InChI is InChI=1S/C14H18N4O/c1-9-11(15)12(18-17-9)16-13(19)14(2,3)10-7-5-4-6-8-10/h4-8H,15H2,1-3H3,(H2,16,17,18,19). The number of nitrogens with two attached hydrogens (primary N) is 1. The van der Waals surface area contributed by atoms with Crippen molar-refractivity contribution in [3.05, 3.63) is 41.6 Å². The summed E-state index contributed by atoms with van der Waals surface area (Å²) in [5.74, 6) is 0.239. The highest BCUT2D eigenvalue weighted by Crippen LogP contribution is 2.26. The molecule has 0 aliphatic heterocycles. The van der Waals surface area contributed by atoms with Crippen LogP contribution in [0.2, 0.25) is 0 Å². The first-order valence-corrected chi connectivity index (χ1v) is 6.10. The zero-order chi connectivity index (χ0) is 14.0. The predicted octanol–water partition coefficient (Wildman–Crippen LogP) is 2.22. The van der Waals surface area contributed by atoms with Gasteiger partial charge in [-0.1, -0.05) is 30.3 Å². The molecule has 1 amide bonds. The first-order valence-electron chi connectivity index (χ1n) is 6.10. The van der Waals surface area contributed by atoms with Crippen molar-refractivity contribution in [3.63, 3.8) is 0 Å². The van der Waals surface area contributed by atoms with Crippen LogP contribution < -0.4 is 11.1 Å². The minimum absolute atomic E-state index is 0.142. The fourth-order valence-corrected chi connectivity index (χ4v) is 1.78. The number of amides is 1. The Hall–Kier alpha value is -2.30. The molecule has 0 unspecified atom stereocenters. The molecule has 0 aliphatic carbocycles. The van der Waals surface area contributed by atoms with Gasteiger partial charge in [-0.2, -0.15) is 5.10 Å². The molecule has 0 spiro atoms.